The molecule has 0 aliphatic heterocycles. The van der Waals surface area contributed by atoms with Gasteiger partial charge in [0.2, 0.25) is 0 Å². The quantitative estimate of drug-likeness (QED) is 0.869. The van der Waals surface area contributed by atoms with Crippen molar-refractivity contribution in [1.29, 1.82) is 0 Å². The Morgan fingerprint density at radius 3 is 2.22 bits per heavy atom. The SMILES string of the molecule is O=C(O)CCC(=O)C1(c2ccccc2)CCCC1. The Morgan fingerprint density at radius 1 is 1.06 bits per heavy atom. The predicted octanol–water partition coefficient (Wildman–Crippen LogP) is 2.93. The zero-order chi connectivity index (χ0) is 13.0. The third-order valence-corrected chi connectivity index (χ3v) is 3.88. The molecule has 3 heteroatoms. The molecule has 3 nitrogen and oxygen atoms in total. The lowest BCUT2D eigenvalue weighted by Crippen LogP contribution is -2.33. The van der Waals surface area contributed by atoms with Crippen LogP contribution in [0.1, 0.15) is 44.1 Å². The lowest BCUT2D eigenvalue weighted by Gasteiger charge is -2.28. The van der Waals surface area contributed by atoms with Crippen LogP contribution in [0.4, 0.5) is 0 Å². The van der Waals surface area contributed by atoms with Crippen molar-refractivity contribution in [2.24, 2.45) is 0 Å². The number of aliphatic carboxylic acids is 1. The van der Waals surface area contributed by atoms with Crippen LogP contribution in [0.5, 0.6) is 0 Å². The highest BCUT2D eigenvalue weighted by Gasteiger charge is 2.41. The molecule has 0 bridgehead atoms. The molecule has 1 saturated carbocycles. The van der Waals surface area contributed by atoms with E-state index >= 15 is 0 Å². The number of Topliss-reactive ketones (excluding diaryl/α,β-unsaturated/α-hetero) is 1. The second kappa shape index (κ2) is 5.34. The maximum absolute atomic E-state index is 12.4. The first-order valence-corrected chi connectivity index (χ1v) is 6.46. The summed E-state index contributed by atoms with van der Waals surface area (Å²) in [6, 6.07) is 9.81. The Morgan fingerprint density at radius 2 is 1.67 bits per heavy atom. The van der Waals surface area contributed by atoms with E-state index in [4.69, 9.17) is 5.11 Å². The minimum atomic E-state index is -0.899. The predicted molar refractivity (Wildman–Crippen MR) is 68.5 cm³/mol. The molecular formula is C15H18O3. The second-order valence-corrected chi connectivity index (χ2v) is 4.97. The first-order valence-electron chi connectivity index (χ1n) is 6.46. The number of hydrogen-bond acceptors (Lipinski definition) is 2. The molecule has 0 unspecified atom stereocenters. The second-order valence-electron chi connectivity index (χ2n) is 4.97. The molecule has 1 aliphatic rings. The maximum atomic E-state index is 12.4. The van der Waals surface area contributed by atoms with E-state index in [0.717, 1.165) is 31.2 Å². The molecule has 1 fully saturated rings. The van der Waals surface area contributed by atoms with E-state index in [-0.39, 0.29) is 18.6 Å². The highest BCUT2D eigenvalue weighted by atomic mass is 16.4. The third-order valence-electron chi connectivity index (χ3n) is 3.88. The first-order chi connectivity index (χ1) is 8.65. The van der Waals surface area contributed by atoms with Gasteiger partial charge in [0.15, 0.2) is 0 Å². The van der Waals surface area contributed by atoms with Crippen LogP contribution in [-0.2, 0) is 15.0 Å². The van der Waals surface area contributed by atoms with Crippen LogP contribution >= 0.6 is 0 Å². The molecule has 96 valence electrons. The summed E-state index contributed by atoms with van der Waals surface area (Å²) in [6.07, 6.45) is 3.89. The van der Waals surface area contributed by atoms with Gasteiger partial charge in [0.25, 0.3) is 0 Å². The Bertz CT molecular complexity index is 430. The van der Waals surface area contributed by atoms with Gasteiger partial charge in [-0.2, -0.15) is 0 Å². The van der Waals surface area contributed by atoms with Gasteiger partial charge in [0.05, 0.1) is 11.8 Å². The van der Waals surface area contributed by atoms with Crippen LogP contribution in [0.2, 0.25) is 0 Å². The molecule has 0 radical (unpaired) electrons. The van der Waals surface area contributed by atoms with Crippen molar-refractivity contribution in [3.8, 4) is 0 Å². The van der Waals surface area contributed by atoms with Crippen molar-refractivity contribution < 1.29 is 14.7 Å². The molecule has 1 N–H and O–H groups in total. The molecule has 2 rings (SSSR count). The molecule has 0 atom stereocenters. The first kappa shape index (κ1) is 12.8. The van der Waals surface area contributed by atoms with Gasteiger partial charge in [-0.3, -0.25) is 9.59 Å². The Labute approximate surface area is 107 Å². The van der Waals surface area contributed by atoms with Crippen LogP contribution in [0.25, 0.3) is 0 Å². The average Bonchev–Trinajstić information content (AvgIpc) is 2.87. The van der Waals surface area contributed by atoms with E-state index < -0.39 is 11.4 Å². The summed E-state index contributed by atoms with van der Waals surface area (Å²) in [4.78, 5) is 23.0. The van der Waals surface area contributed by atoms with E-state index in [0.29, 0.717) is 0 Å². The van der Waals surface area contributed by atoms with Gasteiger partial charge < -0.3 is 5.11 Å². The standard InChI is InChI=1S/C15H18O3/c16-13(8-9-14(17)18)15(10-4-5-11-15)12-6-2-1-3-7-12/h1-3,6-7H,4-5,8-11H2,(H,17,18). The van der Waals surface area contributed by atoms with Gasteiger partial charge in [-0.1, -0.05) is 43.2 Å². The summed E-state index contributed by atoms with van der Waals surface area (Å²) in [5.74, 6) is -0.807. The van der Waals surface area contributed by atoms with E-state index in [1.54, 1.807) is 0 Å². The topological polar surface area (TPSA) is 54.4 Å². The minimum absolute atomic E-state index is 0.0621. The largest absolute Gasteiger partial charge is 0.481 e. The van der Waals surface area contributed by atoms with E-state index in [2.05, 4.69) is 0 Å². The summed E-state index contributed by atoms with van der Waals surface area (Å²) >= 11 is 0. The molecular weight excluding hydrogens is 228 g/mol. The highest BCUT2D eigenvalue weighted by molar-refractivity contribution is 5.92. The molecule has 18 heavy (non-hydrogen) atoms. The summed E-state index contributed by atoms with van der Waals surface area (Å²) < 4.78 is 0. The smallest absolute Gasteiger partial charge is 0.303 e. The zero-order valence-corrected chi connectivity index (χ0v) is 10.4. The van der Waals surface area contributed by atoms with Gasteiger partial charge in [-0.05, 0) is 18.4 Å². The maximum Gasteiger partial charge on any atom is 0.303 e. The van der Waals surface area contributed by atoms with Crippen molar-refractivity contribution in [2.75, 3.05) is 0 Å². The normalized spacial score (nSPS) is 17.6. The molecule has 0 saturated heterocycles. The van der Waals surface area contributed by atoms with Gasteiger partial charge in [-0.15, -0.1) is 0 Å². The van der Waals surface area contributed by atoms with Gasteiger partial charge >= 0.3 is 5.97 Å². The van der Waals surface area contributed by atoms with Crippen molar-refractivity contribution in [3.05, 3.63) is 35.9 Å². The molecule has 0 spiro atoms. The fourth-order valence-corrected chi connectivity index (χ4v) is 2.92. The summed E-state index contributed by atoms with van der Waals surface area (Å²) in [6.45, 7) is 0. The Hall–Kier alpha value is -1.64. The molecule has 1 aliphatic carbocycles. The molecule has 0 heterocycles. The average molecular weight is 246 g/mol. The summed E-state index contributed by atoms with van der Waals surface area (Å²) in [5.41, 5.74) is 0.634. The van der Waals surface area contributed by atoms with Crippen molar-refractivity contribution in [3.63, 3.8) is 0 Å². The lowest BCUT2D eigenvalue weighted by molar-refractivity contribution is -0.139. The number of rotatable bonds is 5. The summed E-state index contributed by atoms with van der Waals surface area (Å²) in [5, 5.41) is 8.71. The number of benzene rings is 1. The van der Waals surface area contributed by atoms with E-state index in [9.17, 15) is 9.59 Å². The summed E-state index contributed by atoms with van der Waals surface area (Å²) in [7, 11) is 0. The van der Waals surface area contributed by atoms with Gasteiger partial charge in [-0.25, -0.2) is 0 Å². The van der Waals surface area contributed by atoms with Crippen LogP contribution in [0.15, 0.2) is 30.3 Å². The monoisotopic (exact) mass is 246 g/mol. The van der Waals surface area contributed by atoms with E-state index in [1.165, 1.54) is 0 Å². The molecule has 0 amide bonds. The van der Waals surface area contributed by atoms with Crippen molar-refractivity contribution >= 4 is 11.8 Å². The molecule has 1 aromatic rings. The van der Waals surface area contributed by atoms with Crippen LogP contribution in [-0.4, -0.2) is 16.9 Å². The van der Waals surface area contributed by atoms with Gasteiger partial charge in [0, 0.05) is 6.42 Å². The Kier molecular flexibility index (Phi) is 3.80. The molecule has 0 aromatic heterocycles. The fraction of sp³-hybridized carbons (Fsp3) is 0.467. The minimum Gasteiger partial charge on any atom is -0.481 e. The number of carboxylic acid groups (broad SMARTS) is 1. The lowest BCUT2D eigenvalue weighted by atomic mass is 9.74. The van der Waals surface area contributed by atoms with E-state index in [1.807, 2.05) is 30.3 Å². The van der Waals surface area contributed by atoms with Crippen LogP contribution in [0.3, 0.4) is 0 Å². The van der Waals surface area contributed by atoms with Gasteiger partial charge in [0.1, 0.15) is 5.78 Å². The fourth-order valence-electron chi connectivity index (χ4n) is 2.92. The number of hydrogen-bond donors (Lipinski definition) is 1. The Balaban J connectivity index is 2.22. The number of carbonyl (C=O) groups excluding carboxylic acids is 1. The van der Waals surface area contributed by atoms with Crippen molar-refractivity contribution in [2.45, 2.75) is 43.9 Å². The third kappa shape index (κ3) is 2.45. The number of ketones is 1. The number of carboxylic acids is 1. The highest BCUT2D eigenvalue weighted by Crippen LogP contribution is 2.42. The zero-order valence-electron chi connectivity index (χ0n) is 10.4. The van der Waals surface area contributed by atoms with Crippen LogP contribution < -0.4 is 0 Å². The molecule has 1 aromatic carbocycles. The van der Waals surface area contributed by atoms with Crippen LogP contribution in [0, 0.1) is 0 Å². The van der Waals surface area contributed by atoms with Crippen molar-refractivity contribution in [1.82, 2.24) is 0 Å². The number of carbonyl (C=O) groups is 2.